The van der Waals surface area contributed by atoms with Crippen LogP contribution in [0.4, 0.5) is 5.69 Å². The van der Waals surface area contributed by atoms with E-state index in [0.717, 1.165) is 5.33 Å². The van der Waals surface area contributed by atoms with E-state index in [2.05, 4.69) is 34.9 Å². The number of nitrogens with zero attached hydrogens (tertiary/aromatic N) is 3. The van der Waals surface area contributed by atoms with Crippen LogP contribution in [0.25, 0.3) is 0 Å². The second kappa shape index (κ2) is 5.25. The fourth-order valence-electron chi connectivity index (χ4n) is 1.22. The number of aromatic nitrogens is 2. The maximum Gasteiger partial charge on any atom is 0.306 e. The van der Waals surface area contributed by atoms with Gasteiger partial charge in [0.25, 0.3) is 0 Å². The maximum atomic E-state index is 10.4. The van der Waals surface area contributed by atoms with Crippen LogP contribution in [-0.4, -0.2) is 20.0 Å². The van der Waals surface area contributed by atoms with Crippen molar-refractivity contribution in [1.82, 2.24) is 9.78 Å². The molecule has 0 saturated heterocycles. The van der Waals surface area contributed by atoms with Gasteiger partial charge in [0.1, 0.15) is 12.4 Å². The molecular formula is C9H14BrN3O2. The summed E-state index contributed by atoms with van der Waals surface area (Å²) in [7, 11) is 0. The van der Waals surface area contributed by atoms with E-state index in [9.17, 15) is 10.1 Å². The molecule has 84 valence electrons. The molecular weight excluding hydrogens is 262 g/mol. The standard InChI is InChI=1S/C9H14BrN3O2/c1-7(2)8(3-10)5-12-6-9(4-11-12)13(14)15/h4,6-8H,3,5H2,1-2H3. The minimum Gasteiger partial charge on any atom is -0.265 e. The van der Waals surface area contributed by atoms with Gasteiger partial charge in [-0.25, -0.2) is 0 Å². The highest BCUT2D eigenvalue weighted by Gasteiger charge is 2.15. The molecule has 0 N–H and O–H groups in total. The number of hydrogen-bond donors (Lipinski definition) is 0. The van der Waals surface area contributed by atoms with Crippen LogP contribution in [-0.2, 0) is 6.54 Å². The Morgan fingerprint density at radius 2 is 2.33 bits per heavy atom. The molecule has 1 rings (SSSR count). The van der Waals surface area contributed by atoms with Crippen LogP contribution >= 0.6 is 15.9 Å². The first kappa shape index (κ1) is 12.2. The van der Waals surface area contributed by atoms with Crippen molar-refractivity contribution < 1.29 is 4.92 Å². The van der Waals surface area contributed by atoms with Crippen molar-refractivity contribution in [1.29, 1.82) is 0 Å². The summed E-state index contributed by atoms with van der Waals surface area (Å²) in [5.41, 5.74) is 0.0482. The minimum atomic E-state index is -0.429. The second-order valence-electron chi connectivity index (χ2n) is 3.84. The number of halogens is 1. The van der Waals surface area contributed by atoms with E-state index in [-0.39, 0.29) is 5.69 Å². The summed E-state index contributed by atoms with van der Waals surface area (Å²) in [6.07, 6.45) is 2.75. The number of rotatable bonds is 5. The fraction of sp³-hybridized carbons (Fsp3) is 0.667. The summed E-state index contributed by atoms with van der Waals surface area (Å²) in [5.74, 6) is 0.956. The highest BCUT2D eigenvalue weighted by molar-refractivity contribution is 9.09. The molecule has 1 heterocycles. The summed E-state index contributed by atoms with van der Waals surface area (Å²) in [6, 6.07) is 0. The van der Waals surface area contributed by atoms with Crippen LogP contribution < -0.4 is 0 Å². The first-order valence-corrected chi connectivity index (χ1v) is 5.89. The molecule has 5 nitrogen and oxygen atoms in total. The van der Waals surface area contributed by atoms with Gasteiger partial charge < -0.3 is 0 Å². The van der Waals surface area contributed by atoms with Gasteiger partial charge in [0, 0.05) is 11.9 Å². The molecule has 15 heavy (non-hydrogen) atoms. The first-order valence-electron chi connectivity index (χ1n) is 4.77. The normalized spacial score (nSPS) is 13.1. The third kappa shape index (κ3) is 3.30. The van der Waals surface area contributed by atoms with Crippen molar-refractivity contribution in [3.63, 3.8) is 0 Å². The summed E-state index contributed by atoms with van der Waals surface area (Å²) in [6.45, 7) is 4.96. The Morgan fingerprint density at radius 1 is 1.67 bits per heavy atom. The summed E-state index contributed by atoms with van der Waals surface area (Å²) < 4.78 is 1.63. The summed E-state index contributed by atoms with van der Waals surface area (Å²) in [5, 5.41) is 15.3. The number of hydrogen-bond acceptors (Lipinski definition) is 3. The molecule has 0 fully saturated rings. The SMILES string of the molecule is CC(C)C(CBr)Cn1cc([N+](=O)[O-])cn1. The Kier molecular flexibility index (Phi) is 4.26. The molecule has 1 atom stereocenters. The lowest BCUT2D eigenvalue weighted by atomic mass is 9.98. The molecule has 1 aromatic heterocycles. The van der Waals surface area contributed by atoms with Crippen LogP contribution in [0.15, 0.2) is 12.4 Å². The van der Waals surface area contributed by atoms with Crippen molar-refractivity contribution in [3.8, 4) is 0 Å². The van der Waals surface area contributed by atoms with Crippen molar-refractivity contribution >= 4 is 21.6 Å². The Labute approximate surface area is 96.7 Å². The van der Waals surface area contributed by atoms with Crippen molar-refractivity contribution in [2.45, 2.75) is 20.4 Å². The average molecular weight is 276 g/mol. The van der Waals surface area contributed by atoms with E-state index in [4.69, 9.17) is 0 Å². The second-order valence-corrected chi connectivity index (χ2v) is 4.48. The smallest absolute Gasteiger partial charge is 0.265 e. The van der Waals surface area contributed by atoms with E-state index >= 15 is 0 Å². The van der Waals surface area contributed by atoms with Crippen molar-refractivity contribution in [2.24, 2.45) is 11.8 Å². The van der Waals surface area contributed by atoms with Crippen LogP contribution in [0.3, 0.4) is 0 Å². The Bertz CT molecular complexity index is 338. The number of nitro groups is 1. The van der Waals surface area contributed by atoms with Crippen molar-refractivity contribution in [2.75, 3.05) is 5.33 Å². The molecule has 0 radical (unpaired) electrons. The molecule has 0 aliphatic rings. The highest BCUT2D eigenvalue weighted by Crippen LogP contribution is 2.17. The molecule has 6 heteroatoms. The third-order valence-electron chi connectivity index (χ3n) is 2.39. The predicted molar refractivity (Wildman–Crippen MR) is 61.0 cm³/mol. The van der Waals surface area contributed by atoms with Gasteiger partial charge in [-0.2, -0.15) is 5.10 Å². The average Bonchev–Trinajstić information content (AvgIpc) is 2.61. The number of alkyl halides is 1. The fourth-order valence-corrected chi connectivity index (χ4v) is 2.18. The topological polar surface area (TPSA) is 61.0 Å². The summed E-state index contributed by atoms with van der Waals surface area (Å²) in [4.78, 5) is 10.0. The minimum absolute atomic E-state index is 0.0482. The Hall–Kier alpha value is -0.910. The molecule has 0 spiro atoms. The lowest BCUT2D eigenvalue weighted by Gasteiger charge is -2.17. The molecule has 0 amide bonds. The lowest BCUT2D eigenvalue weighted by molar-refractivity contribution is -0.385. The van der Waals surface area contributed by atoms with Gasteiger partial charge in [0.15, 0.2) is 0 Å². The van der Waals surface area contributed by atoms with E-state index in [0.29, 0.717) is 18.4 Å². The largest absolute Gasteiger partial charge is 0.306 e. The Balaban J connectivity index is 2.67. The molecule has 0 bridgehead atoms. The van der Waals surface area contributed by atoms with Gasteiger partial charge in [-0.1, -0.05) is 29.8 Å². The molecule has 1 unspecified atom stereocenters. The molecule has 0 aromatic carbocycles. The van der Waals surface area contributed by atoms with Crippen LogP contribution in [0.5, 0.6) is 0 Å². The van der Waals surface area contributed by atoms with Crippen LogP contribution in [0.2, 0.25) is 0 Å². The zero-order valence-electron chi connectivity index (χ0n) is 8.76. The lowest BCUT2D eigenvalue weighted by Crippen LogP contribution is -2.18. The Morgan fingerprint density at radius 3 is 2.73 bits per heavy atom. The van der Waals surface area contributed by atoms with E-state index < -0.39 is 4.92 Å². The van der Waals surface area contributed by atoms with E-state index in [1.54, 1.807) is 4.68 Å². The zero-order valence-corrected chi connectivity index (χ0v) is 10.3. The molecule has 0 aliphatic carbocycles. The third-order valence-corrected chi connectivity index (χ3v) is 3.22. The zero-order chi connectivity index (χ0) is 11.4. The van der Waals surface area contributed by atoms with Gasteiger partial charge in [-0.3, -0.25) is 14.8 Å². The molecule has 0 saturated carbocycles. The van der Waals surface area contributed by atoms with Crippen molar-refractivity contribution in [3.05, 3.63) is 22.5 Å². The van der Waals surface area contributed by atoms with Gasteiger partial charge >= 0.3 is 5.69 Å². The van der Waals surface area contributed by atoms with Gasteiger partial charge in [-0.15, -0.1) is 0 Å². The predicted octanol–water partition coefficient (Wildman–Crippen LogP) is 2.46. The van der Waals surface area contributed by atoms with Gasteiger partial charge in [0.2, 0.25) is 0 Å². The molecule has 0 aliphatic heterocycles. The van der Waals surface area contributed by atoms with E-state index in [1.807, 2.05) is 0 Å². The first-order chi connectivity index (χ1) is 7.04. The highest BCUT2D eigenvalue weighted by atomic mass is 79.9. The van der Waals surface area contributed by atoms with Crippen LogP contribution in [0, 0.1) is 22.0 Å². The van der Waals surface area contributed by atoms with Gasteiger partial charge in [-0.05, 0) is 11.8 Å². The van der Waals surface area contributed by atoms with E-state index in [1.165, 1.54) is 12.4 Å². The molecule has 1 aromatic rings. The maximum absolute atomic E-state index is 10.4. The quantitative estimate of drug-likeness (QED) is 0.471. The monoisotopic (exact) mass is 275 g/mol. The van der Waals surface area contributed by atoms with Gasteiger partial charge in [0.05, 0.1) is 4.92 Å². The summed E-state index contributed by atoms with van der Waals surface area (Å²) >= 11 is 3.43. The van der Waals surface area contributed by atoms with Crippen LogP contribution in [0.1, 0.15) is 13.8 Å².